The minimum absolute atomic E-state index is 0.0308. The van der Waals surface area contributed by atoms with E-state index < -0.39 is 0 Å². The Labute approximate surface area is 320 Å². The van der Waals surface area contributed by atoms with Gasteiger partial charge in [0.05, 0.1) is 0 Å². The Morgan fingerprint density at radius 2 is 0.811 bits per heavy atom. The zero-order valence-corrected chi connectivity index (χ0v) is 32.6. The highest BCUT2D eigenvalue weighted by Crippen LogP contribution is 2.40. The lowest BCUT2D eigenvalue weighted by atomic mass is 9.72. The fraction of sp³-hybridized carbons (Fsp3) is 0.562. The maximum atomic E-state index is 5.86. The molecule has 5 heteroatoms. The predicted octanol–water partition coefficient (Wildman–Crippen LogP) is 9.18. The lowest BCUT2D eigenvalue weighted by molar-refractivity contribution is 0.239. The Morgan fingerprint density at radius 1 is 0.434 bits per heavy atom. The molecule has 0 atom stereocenters. The molecule has 53 heavy (non-hydrogen) atoms. The van der Waals surface area contributed by atoms with Gasteiger partial charge in [0.25, 0.3) is 0 Å². The van der Waals surface area contributed by atoms with E-state index in [1.165, 1.54) is 136 Å². The number of rotatable bonds is 17. The normalized spacial score (nSPS) is 19.9. The zero-order valence-electron chi connectivity index (χ0n) is 32.6. The number of hydrogen-bond donors (Lipinski definition) is 0. The number of fused-ring (bicyclic) bond motifs is 2. The fourth-order valence-electron chi connectivity index (χ4n) is 10.5. The SMILES string of the molecule is C(=NCC(CCN1CCCC1)(CCN1CCCC1)c1cccc2ccccc12)C(CCN1CCCC1)(CCN1CCCC1)c1cccc2ccccc12. The quantitative estimate of drug-likeness (QED) is 0.102. The summed E-state index contributed by atoms with van der Waals surface area (Å²) < 4.78 is 0. The standard InChI is InChI=1S/C48H65N5/c1-3-19-43-41(15-1)17-13-21-45(43)47(23-35-50-27-5-6-28-50,24-36-51-29-7-8-30-51)39-49-40-48(25-37-52-31-9-10-32-52,26-38-53-33-11-12-34-53)46-22-14-18-42-16-2-4-20-44(42)46/h1-4,13-22,39H,5-12,23-38,40H2. The van der Waals surface area contributed by atoms with Gasteiger partial charge in [-0.3, -0.25) is 4.99 Å². The van der Waals surface area contributed by atoms with Crippen molar-refractivity contribution in [3.8, 4) is 0 Å². The average molecular weight is 712 g/mol. The molecule has 0 unspecified atom stereocenters. The molecule has 0 bridgehead atoms. The van der Waals surface area contributed by atoms with Crippen LogP contribution in [0.2, 0.25) is 0 Å². The van der Waals surface area contributed by atoms with Crippen molar-refractivity contribution >= 4 is 27.8 Å². The monoisotopic (exact) mass is 712 g/mol. The van der Waals surface area contributed by atoms with Gasteiger partial charge in [-0.15, -0.1) is 0 Å². The van der Waals surface area contributed by atoms with Gasteiger partial charge in [0.2, 0.25) is 0 Å². The smallest absolute Gasteiger partial charge is 0.0483 e. The number of nitrogens with zero attached hydrogens (tertiary/aromatic N) is 5. The van der Waals surface area contributed by atoms with Crippen LogP contribution in [0.25, 0.3) is 21.5 Å². The van der Waals surface area contributed by atoms with E-state index >= 15 is 0 Å². The highest BCUT2D eigenvalue weighted by Gasteiger charge is 2.37. The molecule has 4 heterocycles. The van der Waals surface area contributed by atoms with Crippen LogP contribution in [-0.2, 0) is 10.8 Å². The first-order valence-electron chi connectivity index (χ1n) is 21.6. The molecule has 4 aliphatic rings. The van der Waals surface area contributed by atoms with Crippen molar-refractivity contribution in [2.75, 3.05) is 85.1 Å². The first-order valence-corrected chi connectivity index (χ1v) is 21.6. The second kappa shape index (κ2) is 17.6. The summed E-state index contributed by atoms with van der Waals surface area (Å²) in [5.74, 6) is 0. The molecule has 8 rings (SSSR count). The molecule has 4 saturated heterocycles. The summed E-state index contributed by atoms with van der Waals surface area (Å²) in [5, 5.41) is 5.55. The summed E-state index contributed by atoms with van der Waals surface area (Å²) in [6.07, 6.45) is 17.8. The third-order valence-electron chi connectivity index (χ3n) is 13.8. The van der Waals surface area contributed by atoms with Crippen LogP contribution >= 0.6 is 0 Å². The van der Waals surface area contributed by atoms with Crippen molar-refractivity contribution in [2.45, 2.75) is 87.9 Å². The molecule has 0 aromatic heterocycles. The number of hydrogen-bond acceptors (Lipinski definition) is 5. The first kappa shape index (κ1) is 36.9. The molecule has 0 saturated carbocycles. The summed E-state index contributed by atoms with van der Waals surface area (Å²) in [7, 11) is 0. The zero-order chi connectivity index (χ0) is 35.8. The highest BCUT2D eigenvalue weighted by molar-refractivity contribution is 5.91. The van der Waals surface area contributed by atoms with E-state index in [1.807, 2.05) is 0 Å². The van der Waals surface area contributed by atoms with Crippen molar-refractivity contribution in [1.82, 2.24) is 19.6 Å². The Morgan fingerprint density at radius 3 is 1.28 bits per heavy atom. The van der Waals surface area contributed by atoms with E-state index in [1.54, 1.807) is 0 Å². The van der Waals surface area contributed by atoms with Gasteiger partial charge in [-0.1, -0.05) is 84.9 Å². The Kier molecular flexibility index (Phi) is 12.2. The fourth-order valence-corrected chi connectivity index (χ4v) is 10.5. The van der Waals surface area contributed by atoms with Crippen LogP contribution in [0, 0.1) is 0 Å². The van der Waals surface area contributed by atoms with Crippen molar-refractivity contribution in [3.05, 3.63) is 96.1 Å². The number of benzene rings is 4. The maximum absolute atomic E-state index is 5.86. The molecule has 0 aliphatic carbocycles. The summed E-state index contributed by atoms with van der Waals surface area (Å²) in [5.41, 5.74) is 2.86. The van der Waals surface area contributed by atoms with Crippen LogP contribution in [0.5, 0.6) is 0 Å². The maximum Gasteiger partial charge on any atom is 0.0483 e. The first-order chi connectivity index (χ1) is 26.2. The van der Waals surface area contributed by atoms with Gasteiger partial charge in [-0.2, -0.15) is 0 Å². The van der Waals surface area contributed by atoms with Gasteiger partial charge in [0.15, 0.2) is 0 Å². The van der Waals surface area contributed by atoms with Crippen LogP contribution in [0.15, 0.2) is 89.9 Å². The number of likely N-dealkylation sites (tertiary alicyclic amines) is 4. The summed E-state index contributed by atoms with van der Waals surface area (Å²) >= 11 is 0. The molecule has 4 aromatic carbocycles. The lowest BCUT2D eigenvalue weighted by Crippen LogP contribution is -2.40. The van der Waals surface area contributed by atoms with E-state index in [0.29, 0.717) is 0 Å². The largest absolute Gasteiger partial charge is 0.303 e. The van der Waals surface area contributed by atoms with E-state index in [4.69, 9.17) is 4.99 Å². The van der Waals surface area contributed by atoms with Gasteiger partial charge < -0.3 is 19.6 Å². The van der Waals surface area contributed by atoms with Crippen LogP contribution in [0.3, 0.4) is 0 Å². The Hall–Kier alpha value is -3.09. The summed E-state index contributed by atoms with van der Waals surface area (Å²) in [4.78, 5) is 16.8. The second-order valence-electron chi connectivity index (χ2n) is 17.2. The van der Waals surface area contributed by atoms with Crippen LogP contribution in [0.1, 0.15) is 88.2 Å². The van der Waals surface area contributed by atoms with Gasteiger partial charge in [0.1, 0.15) is 0 Å². The summed E-state index contributed by atoms with van der Waals surface area (Å²) in [6.45, 7) is 15.4. The van der Waals surface area contributed by atoms with Gasteiger partial charge in [-0.05, 0) is 188 Å². The molecule has 0 spiro atoms. The molecular formula is C48H65N5. The predicted molar refractivity (Wildman–Crippen MR) is 226 cm³/mol. The molecule has 4 fully saturated rings. The third kappa shape index (κ3) is 8.75. The molecular weight excluding hydrogens is 647 g/mol. The third-order valence-corrected chi connectivity index (χ3v) is 13.8. The van der Waals surface area contributed by atoms with E-state index in [-0.39, 0.29) is 10.8 Å². The van der Waals surface area contributed by atoms with Gasteiger partial charge in [0, 0.05) is 23.6 Å². The highest BCUT2D eigenvalue weighted by atomic mass is 15.2. The molecule has 0 radical (unpaired) electrons. The summed E-state index contributed by atoms with van der Waals surface area (Å²) in [6, 6.07) is 32.5. The Balaban J connectivity index is 1.21. The van der Waals surface area contributed by atoms with Crippen molar-refractivity contribution in [2.24, 2.45) is 4.99 Å². The van der Waals surface area contributed by atoms with Crippen molar-refractivity contribution in [3.63, 3.8) is 0 Å². The lowest BCUT2D eigenvalue weighted by Gasteiger charge is -2.38. The molecule has 0 N–H and O–H groups in total. The molecule has 5 nitrogen and oxygen atoms in total. The molecule has 0 amide bonds. The van der Waals surface area contributed by atoms with E-state index in [0.717, 1.165) is 58.4 Å². The van der Waals surface area contributed by atoms with Crippen LogP contribution in [0.4, 0.5) is 0 Å². The van der Waals surface area contributed by atoms with Crippen molar-refractivity contribution in [1.29, 1.82) is 0 Å². The average Bonchev–Trinajstić information content (AvgIpc) is 4.06. The van der Waals surface area contributed by atoms with Crippen LogP contribution in [-0.4, -0.2) is 111 Å². The minimum Gasteiger partial charge on any atom is -0.303 e. The molecule has 282 valence electrons. The van der Waals surface area contributed by atoms with E-state index in [2.05, 4.69) is 111 Å². The second-order valence-corrected chi connectivity index (χ2v) is 17.2. The molecule has 4 aromatic rings. The Bertz CT molecular complexity index is 1720. The molecule has 4 aliphatic heterocycles. The van der Waals surface area contributed by atoms with Gasteiger partial charge in [-0.25, -0.2) is 0 Å². The number of aliphatic imine (C=N–C) groups is 1. The minimum atomic E-state index is -0.125. The van der Waals surface area contributed by atoms with Crippen molar-refractivity contribution < 1.29 is 0 Å². The van der Waals surface area contributed by atoms with Crippen LogP contribution < -0.4 is 0 Å². The van der Waals surface area contributed by atoms with Gasteiger partial charge >= 0.3 is 0 Å². The topological polar surface area (TPSA) is 25.3 Å². The van der Waals surface area contributed by atoms with E-state index in [9.17, 15) is 0 Å².